The Morgan fingerprint density at radius 1 is 1.56 bits per heavy atom. The SMILES string of the molecule is O=C(Cn1cccnc1=O)c1sccc1Br. The van der Waals surface area contributed by atoms with Crippen molar-refractivity contribution in [3.8, 4) is 0 Å². The van der Waals surface area contributed by atoms with E-state index in [4.69, 9.17) is 0 Å². The molecule has 0 bridgehead atoms. The van der Waals surface area contributed by atoms with Gasteiger partial charge in [0.2, 0.25) is 0 Å². The van der Waals surface area contributed by atoms with Crippen LogP contribution in [0.3, 0.4) is 0 Å². The van der Waals surface area contributed by atoms with Gasteiger partial charge in [-0.3, -0.25) is 9.36 Å². The van der Waals surface area contributed by atoms with Crippen molar-refractivity contribution >= 4 is 33.0 Å². The van der Waals surface area contributed by atoms with E-state index >= 15 is 0 Å². The fourth-order valence-electron chi connectivity index (χ4n) is 1.23. The van der Waals surface area contributed by atoms with Crippen molar-refractivity contribution in [3.05, 3.63) is 49.7 Å². The second kappa shape index (κ2) is 4.71. The number of carbonyl (C=O) groups is 1. The smallest absolute Gasteiger partial charge is 0.291 e. The van der Waals surface area contributed by atoms with E-state index in [0.717, 1.165) is 4.47 Å². The second-order valence-corrected chi connectivity index (χ2v) is 4.82. The lowest BCUT2D eigenvalue weighted by molar-refractivity contribution is 0.0973. The molecule has 0 aliphatic rings. The summed E-state index contributed by atoms with van der Waals surface area (Å²) in [5.41, 5.74) is -0.413. The minimum Gasteiger partial charge on any atom is -0.291 e. The normalized spacial score (nSPS) is 10.3. The van der Waals surface area contributed by atoms with Crippen molar-refractivity contribution in [3.63, 3.8) is 0 Å². The number of aromatic nitrogens is 2. The topological polar surface area (TPSA) is 52.0 Å². The first-order valence-corrected chi connectivity index (χ1v) is 6.13. The average molecular weight is 299 g/mol. The van der Waals surface area contributed by atoms with Crippen LogP contribution >= 0.6 is 27.3 Å². The minimum absolute atomic E-state index is 0.0196. The van der Waals surface area contributed by atoms with Crippen LogP contribution in [0.1, 0.15) is 9.67 Å². The summed E-state index contributed by atoms with van der Waals surface area (Å²) >= 11 is 4.64. The molecule has 0 amide bonds. The van der Waals surface area contributed by atoms with Gasteiger partial charge >= 0.3 is 5.69 Å². The molecule has 0 saturated carbocycles. The van der Waals surface area contributed by atoms with Crippen molar-refractivity contribution in [2.45, 2.75) is 6.54 Å². The quantitative estimate of drug-likeness (QED) is 0.814. The van der Waals surface area contributed by atoms with Gasteiger partial charge in [0.05, 0.1) is 11.4 Å². The van der Waals surface area contributed by atoms with Crippen molar-refractivity contribution in [2.24, 2.45) is 0 Å². The van der Waals surface area contributed by atoms with Gasteiger partial charge in [0, 0.05) is 16.9 Å². The summed E-state index contributed by atoms with van der Waals surface area (Å²) in [5.74, 6) is -0.100. The number of hydrogen-bond acceptors (Lipinski definition) is 4. The molecule has 0 atom stereocenters. The molecule has 0 radical (unpaired) electrons. The van der Waals surface area contributed by atoms with Gasteiger partial charge in [-0.2, -0.15) is 0 Å². The Balaban J connectivity index is 2.24. The van der Waals surface area contributed by atoms with E-state index in [9.17, 15) is 9.59 Å². The van der Waals surface area contributed by atoms with Crippen molar-refractivity contribution < 1.29 is 4.79 Å². The van der Waals surface area contributed by atoms with Crippen molar-refractivity contribution in [1.29, 1.82) is 0 Å². The zero-order valence-electron chi connectivity index (χ0n) is 8.09. The highest BCUT2D eigenvalue weighted by molar-refractivity contribution is 9.10. The molecule has 0 spiro atoms. The largest absolute Gasteiger partial charge is 0.347 e. The molecule has 0 aliphatic carbocycles. The maximum absolute atomic E-state index is 11.8. The molecular weight excluding hydrogens is 292 g/mol. The lowest BCUT2D eigenvalue weighted by atomic mass is 10.3. The summed E-state index contributed by atoms with van der Waals surface area (Å²) < 4.78 is 2.05. The van der Waals surface area contributed by atoms with Gasteiger partial charge < -0.3 is 0 Å². The highest BCUT2D eigenvalue weighted by Crippen LogP contribution is 2.23. The molecule has 0 unspecified atom stereocenters. The van der Waals surface area contributed by atoms with Crippen LogP contribution in [-0.2, 0) is 6.54 Å². The fraction of sp³-hybridized carbons (Fsp3) is 0.100. The standard InChI is InChI=1S/C10H7BrN2O2S/c11-7-2-5-16-9(7)8(14)6-13-4-1-3-12-10(13)15/h1-5H,6H2. The summed E-state index contributed by atoms with van der Waals surface area (Å²) in [6.07, 6.45) is 2.96. The summed E-state index contributed by atoms with van der Waals surface area (Å²) in [6, 6.07) is 3.43. The molecule has 0 aromatic carbocycles. The predicted molar refractivity (Wildman–Crippen MR) is 64.8 cm³/mol. The predicted octanol–water partition coefficient (Wildman–Crippen LogP) is 1.95. The summed E-state index contributed by atoms with van der Waals surface area (Å²) in [4.78, 5) is 27.3. The molecular formula is C10H7BrN2O2S. The summed E-state index contributed by atoms with van der Waals surface area (Å²) in [7, 11) is 0. The molecule has 0 aliphatic heterocycles. The third kappa shape index (κ3) is 2.28. The number of thiophene rings is 1. The van der Waals surface area contributed by atoms with Crippen LogP contribution in [0.5, 0.6) is 0 Å². The number of nitrogens with zero attached hydrogens (tertiary/aromatic N) is 2. The van der Waals surface area contributed by atoms with Crippen LogP contribution in [0.2, 0.25) is 0 Å². The van der Waals surface area contributed by atoms with E-state index in [-0.39, 0.29) is 12.3 Å². The van der Waals surface area contributed by atoms with Gasteiger partial charge in [-0.25, -0.2) is 9.78 Å². The monoisotopic (exact) mass is 298 g/mol. The maximum Gasteiger partial charge on any atom is 0.347 e. The van der Waals surface area contributed by atoms with Crippen LogP contribution in [-0.4, -0.2) is 15.3 Å². The minimum atomic E-state index is -0.413. The Hall–Kier alpha value is -1.27. The van der Waals surface area contributed by atoms with Gasteiger partial charge in [-0.15, -0.1) is 11.3 Å². The lowest BCUT2D eigenvalue weighted by Crippen LogP contribution is -2.25. The van der Waals surface area contributed by atoms with E-state index in [2.05, 4.69) is 20.9 Å². The Morgan fingerprint density at radius 3 is 3.00 bits per heavy atom. The first kappa shape index (κ1) is 11.2. The highest BCUT2D eigenvalue weighted by atomic mass is 79.9. The van der Waals surface area contributed by atoms with Gasteiger partial charge in [-0.05, 0) is 33.4 Å². The first-order valence-electron chi connectivity index (χ1n) is 4.46. The van der Waals surface area contributed by atoms with E-state index in [1.165, 1.54) is 22.1 Å². The lowest BCUT2D eigenvalue weighted by Gasteiger charge is -2.02. The molecule has 0 saturated heterocycles. The third-order valence-electron chi connectivity index (χ3n) is 1.97. The zero-order chi connectivity index (χ0) is 11.5. The van der Waals surface area contributed by atoms with Crippen molar-refractivity contribution in [2.75, 3.05) is 0 Å². The van der Waals surface area contributed by atoms with Gasteiger partial charge in [0.15, 0.2) is 5.78 Å². The van der Waals surface area contributed by atoms with E-state index in [1.54, 1.807) is 12.3 Å². The Morgan fingerprint density at radius 2 is 2.38 bits per heavy atom. The summed E-state index contributed by atoms with van der Waals surface area (Å²) in [5, 5.41) is 1.82. The van der Waals surface area contributed by atoms with Gasteiger partial charge in [0.25, 0.3) is 0 Å². The molecule has 2 heterocycles. The van der Waals surface area contributed by atoms with Crippen LogP contribution < -0.4 is 5.69 Å². The number of rotatable bonds is 3. The number of halogens is 1. The van der Waals surface area contributed by atoms with Crippen LogP contribution in [0, 0.1) is 0 Å². The first-order chi connectivity index (χ1) is 7.68. The maximum atomic E-state index is 11.8. The van der Waals surface area contributed by atoms with E-state index < -0.39 is 5.69 Å². The van der Waals surface area contributed by atoms with E-state index in [1.807, 2.05) is 11.4 Å². The molecule has 16 heavy (non-hydrogen) atoms. The molecule has 2 rings (SSSR count). The Labute approximate surface area is 104 Å². The molecule has 82 valence electrons. The molecule has 2 aromatic rings. The average Bonchev–Trinajstić information content (AvgIpc) is 2.68. The zero-order valence-corrected chi connectivity index (χ0v) is 10.5. The van der Waals surface area contributed by atoms with Gasteiger partial charge in [0.1, 0.15) is 0 Å². The van der Waals surface area contributed by atoms with Crippen molar-refractivity contribution in [1.82, 2.24) is 9.55 Å². The molecule has 0 fully saturated rings. The van der Waals surface area contributed by atoms with Gasteiger partial charge in [-0.1, -0.05) is 0 Å². The second-order valence-electron chi connectivity index (χ2n) is 3.05. The fourth-order valence-corrected chi connectivity index (χ4v) is 2.75. The molecule has 0 N–H and O–H groups in total. The molecule has 4 nitrogen and oxygen atoms in total. The molecule has 6 heteroatoms. The Bertz CT molecular complexity index is 576. The number of ketones is 1. The number of carbonyl (C=O) groups excluding carboxylic acids is 1. The molecule has 2 aromatic heterocycles. The van der Waals surface area contributed by atoms with E-state index in [0.29, 0.717) is 4.88 Å². The number of Topliss-reactive ketones (excluding diaryl/α,β-unsaturated/α-hetero) is 1. The van der Waals surface area contributed by atoms with Crippen LogP contribution in [0.4, 0.5) is 0 Å². The van der Waals surface area contributed by atoms with Crippen LogP contribution in [0.15, 0.2) is 39.2 Å². The van der Waals surface area contributed by atoms with Crippen LogP contribution in [0.25, 0.3) is 0 Å². The third-order valence-corrected chi connectivity index (χ3v) is 3.85. The summed E-state index contributed by atoms with van der Waals surface area (Å²) in [6.45, 7) is 0.0196. The number of hydrogen-bond donors (Lipinski definition) is 0. The Kier molecular flexibility index (Phi) is 3.31. The highest BCUT2D eigenvalue weighted by Gasteiger charge is 2.12.